The maximum absolute atomic E-state index is 12.4. The third kappa shape index (κ3) is 2.66. The van der Waals surface area contributed by atoms with Gasteiger partial charge in [0.25, 0.3) is 5.56 Å². The van der Waals surface area contributed by atoms with E-state index in [-0.39, 0.29) is 5.56 Å². The van der Waals surface area contributed by atoms with Gasteiger partial charge in [0.2, 0.25) is 4.96 Å². The summed E-state index contributed by atoms with van der Waals surface area (Å²) in [6, 6.07) is 9.03. The van der Waals surface area contributed by atoms with E-state index in [1.165, 1.54) is 15.9 Å². The van der Waals surface area contributed by atoms with Crippen LogP contribution in [-0.4, -0.2) is 40.8 Å². The SMILES string of the molecule is Nc1cccc(-c2nn3c(=O)cc(N4CCNCC4)nc3s2)c1. The predicted octanol–water partition coefficient (Wildman–Crippen LogP) is 0.810. The Kier molecular flexibility index (Phi) is 3.47. The van der Waals surface area contributed by atoms with Gasteiger partial charge in [0.05, 0.1) is 0 Å². The highest BCUT2D eigenvalue weighted by atomic mass is 32.1. The van der Waals surface area contributed by atoms with E-state index >= 15 is 0 Å². The highest BCUT2D eigenvalue weighted by Gasteiger charge is 2.16. The van der Waals surface area contributed by atoms with Gasteiger partial charge in [-0.1, -0.05) is 23.5 Å². The minimum atomic E-state index is -0.157. The Bertz CT molecular complexity index is 912. The van der Waals surface area contributed by atoms with Gasteiger partial charge in [0.1, 0.15) is 10.8 Å². The molecular formula is C15H16N6OS. The van der Waals surface area contributed by atoms with E-state index in [0.29, 0.717) is 10.6 Å². The van der Waals surface area contributed by atoms with Gasteiger partial charge in [0.15, 0.2) is 0 Å². The molecule has 0 bridgehead atoms. The summed E-state index contributed by atoms with van der Waals surface area (Å²) in [6.45, 7) is 3.50. The quantitative estimate of drug-likeness (QED) is 0.677. The van der Waals surface area contributed by atoms with Crippen molar-refractivity contribution in [3.8, 4) is 10.6 Å². The molecule has 1 fully saturated rings. The summed E-state index contributed by atoms with van der Waals surface area (Å²) >= 11 is 1.39. The van der Waals surface area contributed by atoms with Crippen LogP contribution >= 0.6 is 11.3 Å². The van der Waals surface area contributed by atoms with Crippen molar-refractivity contribution in [2.24, 2.45) is 0 Å². The van der Waals surface area contributed by atoms with E-state index in [9.17, 15) is 4.79 Å². The molecule has 0 spiro atoms. The van der Waals surface area contributed by atoms with Crippen LogP contribution in [0.1, 0.15) is 0 Å². The van der Waals surface area contributed by atoms with E-state index in [1.807, 2.05) is 24.3 Å². The molecule has 0 saturated carbocycles. The zero-order valence-electron chi connectivity index (χ0n) is 12.4. The van der Waals surface area contributed by atoms with Gasteiger partial charge >= 0.3 is 0 Å². The Morgan fingerprint density at radius 1 is 1.22 bits per heavy atom. The lowest BCUT2D eigenvalue weighted by Gasteiger charge is -2.27. The number of hydrogen-bond acceptors (Lipinski definition) is 7. The molecule has 0 atom stereocenters. The standard InChI is InChI=1S/C15H16N6OS/c16-11-3-1-2-10(8-11)14-19-21-13(22)9-12(18-15(21)23-14)20-6-4-17-5-7-20/h1-3,8-9,17H,4-7,16H2. The number of hydrogen-bond donors (Lipinski definition) is 2. The Balaban J connectivity index is 1.79. The number of aromatic nitrogens is 3. The van der Waals surface area contributed by atoms with Crippen molar-refractivity contribution in [3.05, 3.63) is 40.7 Å². The molecule has 3 aromatic rings. The van der Waals surface area contributed by atoms with E-state index in [1.54, 1.807) is 6.07 Å². The fourth-order valence-corrected chi connectivity index (χ4v) is 3.54. The maximum Gasteiger partial charge on any atom is 0.277 e. The monoisotopic (exact) mass is 328 g/mol. The highest BCUT2D eigenvalue weighted by molar-refractivity contribution is 7.19. The molecule has 0 radical (unpaired) electrons. The van der Waals surface area contributed by atoms with Crippen molar-refractivity contribution in [3.63, 3.8) is 0 Å². The van der Waals surface area contributed by atoms with Crippen molar-refractivity contribution >= 4 is 27.8 Å². The molecule has 1 aliphatic rings. The van der Waals surface area contributed by atoms with E-state index in [2.05, 4.69) is 20.3 Å². The summed E-state index contributed by atoms with van der Waals surface area (Å²) < 4.78 is 1.36. The van der Waals surface area contributed by atoms with E-state index in [0.717, 1.165) is 42.6 Å². The second-order valence-corrected chi connectivity index (χ2v) is 6.37. The Morgan fingerprint density at radius 3 is 2.83 bits per heavy atom. The van der Waals surface area contributed by atoms with Crippen LogP contribution in [-0.2, 0) is 0 Å². The number of piperazine rings is 1. The fourth-order valence-electron chi connectivity index (χ4n) is 2.64. The zero-order valence-corrected chi connectivity index (χ0v) is 13.2. The van der Waals surface area contributed by atoms with Gasteiger partial charge in [0, 0.05) is 43.5 Å². The first-order valence-corrected chi connectivity index (χ1v) is 8.25. The Hall–Kier alpha value is -2.45. The second-order valence-electron chi connectivity index (χ2n) is 5.42. The fraction of sp³-hybridized carbons (Fsp3) is 0.267. The normalized spacial score (nSPS) is 15.2. The smallest absolute Gasteiger partial charge is 0.277 e. The second kappa shape index (κ2) is 5.64. The molecule has 0 unspecified atom stereocenters. The molecule has 4 rings (SSSR count). The molecule has 0 amide bonds. The summed E-state index contributed by atoms with van der Waals surface area (Å²) in [5, 5.41) is 8.41. The molecule has 7 nitrogen and oxygen atoms in total. The minimum absolute atomic E-state index is 0.157. The lowest BCUT2D eigenvalue weighted by molar-refractivity contribution is 0.584. The Morgan fingerprint density at radius 2 is 2.04 bits per heavy atom. The van der Waals surface area contributed by atoms with Crippen molar-refractivity contribution in [2.75, 3.05) is 36.8 Å². The van der Waals surface area contributed by atoms with Crippen LogP contribution in [0, 0.1) is 0 Å². The predicted molar refractivity (Wildman–Crippen MR) is 92.1 cm³/mol. The first-order chi connectivity index (χ1) is 11.2. The van der Waals surface area contributed by atoms with Crippen LogP contribution in [0.25, 0.3) is 15.5 Å². The molecule has 1 aromatic carbocycles. The third-order valence-electron chi connectivity index (χ3n) is 3.81. The molecular weight excluding hydrogens is 312 g/mol. The number of nitrogen functional groups attached to an aromatic ring is 1. The summed E-state index contributed by atoms with van der Waals surface area (Å²) in [6.07, 6.45) is 0. The third-order valence-corrected chi connectivity index (χ3v) is 4.76. The molecule has 0 aliphatic carbocycles. The van der Waals surface area contributed by atoms with Gasteiger partial charge in [-0.15, -0.1) is 0 Å². The van der Waals surface area contributed by atoms with Crippen LogP contribution in [0.4, 0.5) is 11.5 Å². The average molecular weight is 328 g/mol. The van der Waals surface area contributed by atoms with Crippen molar-refractivity contribution in [1.82, 2.24) is 19.9 Å². The number of benzene rings is 1. The van der Waals surface area contributed by atoms with E-state index in [4.69, 9.17) is 5.73 Å². The van der Waals surface area contributed by atoms with Crippen molar-refractivity contribution in [1.29, 1.82) is 0 Å². The molecule has 23 heavy (non-hydrogen) atoms. The van der Waals surface area contributed by atoms with E-state index < -0.39 is 0 Å². The molecule has 118 valence electrons. The number of nitrogens with zero attached hydrogens (tertiary/aromatic N) is 4. The Labute approximate surface area is 136 Å². The van der Waals surface area contributed by atoms with Crippen LogP contribution < -0.4 is 21.5 Å². The number of fused-ring (bicyclic) bond motifs is 1. The summed E-state index contributed by atoms with van der Waals surface area (Å²) in [5.74, 6) is 0.722. The first-order valence-electron chi connectivity index (χ1n) is 7.43. The number of nitrogens with two attached hydrogens (primary N) is 1. The summed E-state index contributed by atoms with van der Waals surface area (Å²) in [4.78, 5) is 19.7. The van der Waals surface area contributed by atoms with Gasteiger partial charge in [-0.3, -0.25) is 4.79 Å². The maximum atomic E-state index is 12.4. The number of rotatable bonds is 2. The lowest BCUT2D eigenvalue weighted by Crippen LogP contribution is -2.44. The van der Waals surface area contributed by atoms with Crippen molar-refractivity contribution < 1.29 is 0 Å². The van der Waals surface area contributed by atoms with Crippen molar-refractivity contribution in [2.45, 2.75) is 0 Å². The molecule has 1 aliphatic heterocycles. The highest BCUT2D eigenvalue weighted by Crippen LogP contribution is 2.26. The van der Waals surface area contributed by atoms with Crippen LogP contribution in [0.2, 0.25) is 0 Å². The van der Waals surface area contributed by atoms with Crippen LogP contribution in [0.3, 0.4) is 0 Å². The van der Waals surface area contributed by atoms with Gasteiger partial charge in [-0.05, 0) is 12.1 Å². The van der Waals surface area contributed by atoms with Gasteiger partial charge in [-0.2, -0.15) is 9.61 Å². The number of nitrogens with one attached hydrogen (secondary N) is 1. The largest absolute Gasteiger partial charge is 0.399 e. The van der Waals surface area contributed by atoms with Gasteiger partial charge < -0.3 is 16.0 Å². The summed E-state index contributed by atoms with van der Waals surface area (Å²) in [5.41, 5.74) is 7.23. The minimum Gasteiger partial charge on any atom is -0.399 e. The first kappa shape index (κ1) is 14.2. The zero-order chi connectivity index (χ0) is 15.8. The lowest BCUT2D eigenvalue weighted by atomic mass is 10.2. The van der Waals surface area contributed by atoms with Crippen LogP contribution in [0.5, 0.6) is 0 Å². The molecule has 2 aromatic heterocycles. The summed E-state index contributed by atoms with van der Waals surface area (Å²) in [7, 11) is 0. The average Bonchev–Trinajstić information content (AvgIpc) is 3.00. The molecule has 1 saturated heterocycles. The van der Waals surface area contributed by atoms with Crippen LogP contribution in [0.15, 0.2) is 35.1 Å². The molecule has 3 heterocycles. The van der Waals surface area contributed by atoms with Gasteiger partial charge in [-0.25, -0.2) is 4.98 Å². The molecule has 8 heteroatoms. The number of anilines is 2. The topological polar surface area (TPSA) is 88.5 Å². The molecule has 3 N–H and O–H groups in total.